The number of rotatable bonds is 12. The highest BCUT2D eigenvalue weighted by Crippen LogP contribution is 2.13. The van der Waals surface area contributed by atoms with Gasteiger partial charge in [-0.25, -0.2) is 0 Å². The second kappa shape index (κ2) is 12.9. The van der Waals surface area contributed by atoms with Gasteiger partial charge in [-0.1, -0.05) is 58.8 Å². The predicted molar refractivity (Wildman–Crippen MR) is 90.0 cm³/mol. The Kier molecular flexibility index (Phi) is 11.4. The molecule has 0 spiro atoms. The van der Waals surface area contributed by atoms with Crippen LogP contribution >= 0.6 is 0 Å². The van der Waals surface area contributed by atoms with Gasteiger partial charge < -0.3 is 9.47 Å². The Hall–Kier alpha value is -0.610. The van der Waals surface area contributed by atoms with Crippen LogP contribution < -0.4 is 0 Å². The third-order valence-electron chi connectivity index (χ3n) is 4.29. The van der Waals surface area contributed by atoms with Crippen molar-refractivity contribution >= 4 is 5.97 Å². The number of hydrogen-bond donors (Lipinski definition) is 0. The number of carbonyl (C=O) groups is 1. The average molecular weight is 313 g/mol. The molecule has 0 bridgehead atoms. The quantitative estimate of drug-likeness (QED) is 0.407. The molecule has 1 aliphatic rings. The number of hydrogen-bond acceptors (Lipinski definition) is 4. The lowest BCUT2D eigenvalue weighted by atomic mass is 10.0. The first kappa shape index (κ1) is 19.4. The molecule has 0 N–H and O–H groups in total. The number of ether oxygens (including phenoxy) is 2. The maximum Gasteiger partial charge on any atom is 0.320 e. The van der Waals surface area contributed by atoms with Gasteiger partial charge in [0.15, 0.2) is 0 Å². The molecule has 0 radical (unpaired) electrons. The molecule has 130 valence electrons. The third kappa shape index (κ3) is 10.2. The highest BCUT2D eigenvalue weighted by Gasteiger charge is 2.15. The average Bonchev–Trinajstić information content (AvgIpc) is 2.53. The topological polar surface area (TPSA) is 38.8 Å². The zero-order chi connectivity index (χ0) is 16.0. The van der Waals surface area contributed by atoms with E-state index in [0.717, 1.165) is 26.3 Å². The summed E-state index contributed by atoms with van der Waals surface area (Å²) in [5.41, 5.74) is 0. The molecule has 1 heterocycles. The molecular weight excluding hydrogens is 278 g/mol. The second-order valence-corrected chi connectivity index (χ2v) is 6.59. The zero-order valence-corrected chi connectivity index (χ0v) is 14.6. The van der Waals surface area contributed by atoms with Crippen LogP contribution in [0.1, 0.15) is 65.2 Å². The fraction of sp³-hybridized carbons (Fsp3) is 0.944. The van der Waals surface area contributed by atoms with E-state index < -0.39 is 0 Å². The summed E-state index contributed by atoms with van der Waals surface area (Å²) in [6.07, 6.45) is 10.5. The van der Waals surface area contributed by atoms with Gasteiger partial charge in [-0.3, -0.25) is 9.69 Å². The van der Waals surface area contributed by atoms with Crippen molar-refractivity contribution in [2.24, 2.45) is 5.92 Å². The van der Waals surface area contributed by atoms with Crippen molar-refractivity contribution in [2.45, 2.75) is 65.2 Å². The minimum atomic E-state index is -0.0895. The van der Waals surface area contributed by atoms with Gasteiger partial charge in [0.1, 0.15) is 0 Å². The molecule has 1 atom stereocenters. The lowest BCUT2D eigenvalue weighted by molar-refractivity contribution is -0.147. The van der Waals surface area contributed by atoms with Crippen LogP contribution in [0.15, 0.2) is 0 Å². The minimum Gasteiger partial charge on any atom is -0.464 e. The fourth-order valence-electron chi connectivity index (χ4n) is 2.76. The fourth-order valence-corrected chi connectivity index (χ4v) is 2.76. The smallest absolute Gasteiger partial charge is 0.320 e. The SMILES string of the molecule is CCCCCCCCC[C@H](C)COC(=O)CN1CCOCC1. The van der Waals surface area contributed by atoms with E-state index in [-0.39, 0.29) is 5.97 Å². The van der Waals surface area contributed by atoms with Crippen molar-refractivity contribution in [2.75, 3.05) is 39.5 Å². The van der Waals surface area contributed by atoms with E-state index in [1.807, 2.05) is 0 Å². The monoisotopic (exact) mass is 313 g/mol. The molecule has 1 saturated heterocycles. The van der Waals surface area contributed by atoms with Gasteiger partial charge in [0.05, 0.1) is 26.4 Å². The van der Waals surface area contributed by atoms with E-state index in [1.165, 1.54) is 51.4 Å². The predicted octanol–water partition coefficient (Wildman–Crippen LogP) is 3.64. The first-order chi connectivity index (χ1) is 10.7. The Morgan fingerprint density at radius 3 is 2.41 bits per heavy atom. The van der Waals surface area contributed by atoms with E-state index in [4.69, 9.17) is 9.47 Å². The number of nitrogens with zero attached hydrogens (tertiary/aromatic N) is 1. The van der Waals surface area contributed by atoms with Gasteiger partial charge in [0.25, 0.3) is 0 Å². The van der Waals surface area contributed by atoms with Gasteiger partial charge in [0, 0.05) is 13.1 Å². The van der Waals surface area contributed by atoms with E-state index in [2.05, 4.69) is 18.7 Å². The third-order valence-corrected chi connectivity index (χ3v) is 4.29. The van der Waals surface area contributed by atoms with Crippen LogP contribution in [0, 0.1) is 5.92 Å². The first-order valence-electron chi connectivity index (χ1n) is 9.18. The van der Waals surface area contributed by atoms with E-state index in [1.54, 1.807) is 0 Å². The molecule has 1 fully saturated rings. The molecule has 0 unspecified atom stereocenters. The standard InChI is InChI=1S/C18H35NO3/c1-3-4-5-6-7-8-9-10-17(2)16-22-18(20)15-19-11-13-21-14-12-19/h17H,3-16H2,1-2H3/t17-/m0/s1. The Bertz CT molecular complexity index is 278. The van der Waals surface area contributed by atoms with Gasteiger partial charge in [-0.05, 0) is 12.3 Å². The van der Waals surface area contributed by atoms with E-state index in [0.29, 0.717) is 19.1 Å². The van der Waals surface area contributed by atoms with Crippen LogP contribution in [0.4, 0.5) is 0 Å². The number of morpholine rings is 1. The van der Waals surface area contributed by atoms with Crippen LogP contribution in [0.3, 0.4) is 0 Å². The molecular formula is C18H35NO3. The van der Waals surface area contributed by atoms with Crippen molar-refractivity contribution in [1.82, 2.24) is 4.90 Å². The van der Waals surface area contributed by atoms with Gasteiger partial charge in [-0.15, -0.1) is 0 Å². The minimum absolute atomic E-state index is 0.0895. The van der Waals surface area contributed by atoms with Crippen molar-refractivity contribution in [3.8, 4) is 0 Å². The maximum absolute atomic E-state index is 11.8. The summed E-state index contributed by atoms with van der Waals surface area (Å²) in [7, 11) is 0. The van der Waals surface area contributed by atoms with Gasteiger partial charge >= 0.3 is 5.97 Å². The number of carbonyl (C=O) groups excluding carboxylic acids is 1. The van der Waals surface area contributed by atoms with Crippen LogP contribution in [0.25, 0.3) is 0 Å². The Morgan fingerprint density at radius 2 is 1.73 bits per heavy atom. The Balaban J connectivity index is 1.93. The summed E-state index contributed by atoms with van der Waals surface area (Å²) in [6.45, 7) is 8.53. The number of esters is 1. The van der Waals surface area contributed by atoms with Gasteiger partial charge in [-0.2, -0.15) is 0 Å². The normalized spacial score (nSPS) is 17.4. The molecule has 0 aromatic heterocycles. The van der Waals surface area contributed by atoms with Crippen molar-refractivity contribution in [3.63, 3.8) is 0 Å². The summed E-state index contributed by atoms with van der Waals surface area (Å²) in [5.74, 6) is 0.387. The zero-order valence-electron chi connectivity index (χ0n) is 14.6. The second-order valence-electron chi connectivity index (χ2n) is 6.59. The summed E-state index contributed by atoms with van der Waals surface area (Å²) in [5, 5.41) is 0. The van der Waals surface area contributed by atoms with Crippen molar-refractivity contribution < 1.29 is 14.3 Å². The largest absolute Gasteiger partial charge is 0.464 e. The molecule has 0 aliphatic carbocycles. The van der Waals surface area contributed by atoms with E-state index >= 15 is 0 Å². The van der Waals surface area contributed by atoms with Gasteiger partial charge in [0.2, 0.25) is 0 Å². The number of unbranched alkanes of at least 4 members (excludes halogenated alkanes) is 6. The molecule has 4 nitrogen and oxygen atoms in total. The Morgan fingerprint density at radius 1 is 1.09 bits per heavy atom. The summed E-state index contributed by atoms with van der Waals surface area (Å²) >= 11 is 0. The first-order valence-corrected chi connectivity index (χ1v) is 9.18. The molecule has 0 aromatic rings. The highest BCUT2D eigenvalue weighted by atomic mass is 16.5. The van der Waals surface area contributed by atoms with Crippen LogP contribution in [-0.2, 0) is 14.3 Å². The molecule has 22 heavy (non-hydrogen) atoms. The highest BCUT2D eigenvalue weighted by molar-refractivity contribution is 5.71. The molecule has 1 rings (SSSR count). The van der Waals surface area contributed by atoms with Crippen LogP contribution in [-0.4, -0.2) is 50.3 Å². The maximum atomic E-state index is 11.8. The lowest BCUT2D eigenvalue weighted by Gasteiger charge is -2.25. The molecule has 1 aliphatic heterocycles. The Labute approximate surface area is 136 Å². The lowest BCUT2D eigenvalue weighted by Crippen LogP contribution is -2.40. The molecule has 4 heteroatoms. The summed E-state index contributed by atoms with van der Waals surface area (Å²) < 4.78 is 10.7. The van der Waals surface area contributed by atoms with Crippen molar-refractivity contribution in [3.05, 3.63) is 0 Å². The van der Waals surface area contributed by atoms with Crippen LogP contribution in [0.5, 0.6) is 0 Å². The summed E-state index contributed by atoms with van der Waals surface area (Å²) in [6, 6.07) is 0. The van der Waals surface area contributed by atoms with Crippen LogP contribution in [0.2, 0.25) is 0 Å². The molecule has 0 saturated carbocycles. The molecule has 0 amide bonds. The molecule has 0 aromatic carbocycles. The van der Waals surface area contributed by atoms with Crippen molar-refractivity contribution in [1.29, 1.82) is 0 Å². The van der Waals surface area contributed by atoms with E-state index in [9.17, 15) is 4.79 Å². The summed E-state index contributed by atoms with van der Waals surface area (Å²) in [4.78, 5) is 13.9.